The van der Waals surface area contributed by atoms with Crippen LogP contribution in [-0.2, 0) is 5.41 Å². The third kappa shape index (κ3) is 4.47. The van der Waals surface area contributed by atoms with Crippen LogP contribution in [0, 0.1) is 0 Å². The standard InChI is InChI=1S/C15H24N2O2/c1-6-9-16-14(18)17-11-7-8-13(19-5)12(10-11)15(2,3)4/h7-8,10H,6,9H2,1-5H3,(H2,16,17,18). The van der Waals surface area contributed by atoms with Crippen molar-refractivity contribution in [3.05, 3.63) is 23.8 Å². The third-order valence-corrected chi connectivity index (χ3v) is 2.80. The molecule has 0 bridgehead atoms. The molecule has 2 amide bonds. The zero-order chi connectivity index (χ0) is 14.5. The average molecular weight is 264 g/mol. The zero-order valence-electron chi connectivity index (χ0n) is 12.5. The number of urea groups is 1. The van der Waals surface area contributed by atoms with E-state index in [0.717, 1.165) is 23.4 Å². The van der Waals surface area contributed by atoms with Crippen molar-refractivity contribution in [1.82, 2.24) is 5.32 Å². The summed E-state index contributed by atoms with van der Waals surface area (Å²) in [6, 6.07) is 5.52. The van der Waals surface area contributed by atoms with E-state index in [4.69, 9.17) is 4.74 Å². The van der Waals surface area contributed by atoms with Crippen molar-refractivity contribution >= 4 is 11.7 Å². The maximum Gasteiger partial charge on any atom is 0.319 e. The van der Waals surface area contributed by atoms with Crippen LogP contribution in [-0.4, -0.2) is 19.7 Å². The van der Waals surface area contributed by atoms with Gasteiger partial charge < -0.3 is 15.4 Å². The molecule has 0 saturated carbocycles. The van der Waals surface area contributed by atoms with Crippen LogP contribution >= 0.6 is 0 Å². The van der Waals surface area contributed by atoms with Gasteiger partial charge in [-0.2, -0.15) is 0 Å². The summed E-state index contributed by atoms with van der Waals surface area (Å²) in [5, 5.41) is 5.62. The highest BCUT2D eigenvalue weighted by atomic mass is 16.5. The van der Waals surface area contributed by atoms with Crippen molar-refractivity contribution < 1.29 is 9.53 Å². The smallest absolute Gasteiger partial charge is 0.319 e. The number of carbonyl (C=O) groups is 1. The molecular weight excluding hydrogens is 240 g/mol. The van der Waals surface area contributed by atoms with Gasteiger partial charge in [0, 0.05) is 17.8 Å². The summed E-state index contributed by atoms with van der Waals surface area (Å²) in [7, 11) is 1.66. The molecule has 4 nitrogen and oxygen atoms in total. The molecule has 0 heterocycles. The maximum absolute atomic E-state index is 11.6. The number of rotatable bonds is 4. The monoisotopic (exact) mass is 264 g/mol. The Balaban J connectivity index is 2.90. The number of carbonyl (C=O) groups excluding carboxylic acids is 1. The number of nitrogens with one attached hydrogen (secondary N) is 2. The second-order valence-corrected chi connectivity index (χ2v) is 5.55. The molecule has 1 rings (SSSR count). The first kappa shape index (κ1) is 15.3. The highest BCUT2D eigenvalue weighted by molar-refractivity contribution is 5.89. The van der Waals surface area contributed by atoms with Crippen LogP contribution in [0.3, 0.4) is 0 Å². The first-order valence-corrected chi connectivity index (χ1v) is 6.62. The summed E-state index contributed by atoms with van der Waals surface area (Å²) in [6.07, 6.45) is 0.920. The third-order valence-electron chi connectivity index (χ3n) is 2.80. The molecule has 0 atom stereocenters. The fraction of sp³-hybridized carbons (Fsp3) is 0.533. The summed E-state index contributed by atoms with van der Waals surface area (Å²) >= 11 is 0. The maximum atomic E-state index is 11.6. The van der Waals surface area contributed by atoms with Gasteiger partial charge in [-0.15, -0.1) is 0 Å². The highest BCUT2D eigenvalue weighted by Gasteiger charge is 2.19. The second kappa shape index (κ2) is 6.45. The Bertz CT molecular complexity index is 436. The van der Waals surface area contributed by atoms with Crippen molar-refractivity contribution in [1.29, 1.82) is 0 Å². The minimum atomic E-state index is -0.174. The molecule has 0 aliphatic rings. The lowest BCUT2D eigenvalue weighted by Gasteiger charge is -2.23. The van der Waals surface area contributed by atoms with Crippen molar-refractivity contribution in [2.45, 2.75) is 39.5 Å². The Morgan fingerprint density at radius 1 is 1.32 bits per heavy atom. The quantitative estimate of drug-likeness (QED) is 0.874. The highest BCUT2D eigenvalue weighted by Crippen LogP contribution is 2.33. The van der Waals surface area contributed by atoms with E-state index in [9.17, 15) is 4.79 Å². The van der Waals surface area contributed by atoms with Gasteiger partial charge in [0.2, 0.25) is 0 Å². The van der Waals surface area contributed by atoms with Gasteiger partial charge in [-0.1, -0.05) is 27.7 Å². The molecule has 1 aromatic rings. The first-order valence-electron chi connectivity index (χ1n) is 6.62. The van der Waals surface area contributed by atoms with Crippen molar-refractivity contribution in [3.63, 3.8) is 0 Å². The molecule has 0 spiro atoms. The molecule has 0 unspecified atom stereocenters. The van der Waals surface area contributed by atoms with Crippen LogP contribution in [0.5, 0.6) is 5.75 Å². The van der Waals surface area contributed by atoms with Crippen molar-refractivity contribution in [2.75, 3.05) is 19.0 Å². The number of hydrogen-bond donors (Lipinski definition) is 2. The van der Waals surface area contributed by atoms with Crippen LogP contribution in [0.4, 0.5) is 10.5 Å². The lowest BCUT2D eigenvalue weighted by atomic mass is 9.86. The lowest BCUT2D eigenvalue weighted by molar-refractivity contribution is 0.252. The minimum Gasteiger partial charge on any atom is -0.496 e. The van der Waals surface area contributed by atoms with E-state index in [0.29, 0.717) is 6.54 Å². The molecule has 0 aliphatic heterocycles. The van der Waals surface area contributed by atoms with Gasteiger partial charge >= 0.3 is 6.03 Å². The summed E-state index contributed by atoms with van der Waals surface area (Å²) in [6.45, 7) is 9.04. The topological polar surface area (TPSA) is 50.4 Å². The van der Waals surface area contributed by atoms with Gasteiger partial charge in [0.25, 0.3) is 0 Å². The van der Waals surface area contributed by atoms with Gasteiger partial charge in [0.15, 0.2) is 0 Å². The Labute approximate surface area is 115 Å². The SMILES string of the molecule is CCCNC(=O)Nc1ccc(OC)c(C(C)(C)C)c1. The summed E-state index contributed by atoms with van der Waals surface area (Å²) < 4.78 is 5.37. The molecule has 0 aromatic heterocycles. The van der Waals surface area contributed by atoms with Gasteiger partial charge in [-0.3, -0.25) is 0 Å². The Kier molecular flexibility index (Phi) is 5.21. The van der Waals surface area contributed by atoms with Crippen molar-refractivity contribution in [2.24, 2.45) is 0 Å². The minimum absolute atomic E-state index is 0.0388. The Morgan fingerprint density at radius 2 is 2.00 bits per heavy atom. The van der Waals surface area contributed by atoms with E-state index in [1.165, 1.54) is 0 Å². The van der Waals surface area contributed by atoms with Crippen LogP contribution < -0.4 is 15.4 Å². The average Bonchev–Trinajstić information content (AvgIpc) is 2.35. The molecule has 0 saturated heterocycles. The predicted molar refractivity (Wildman–Crippen MR) is 79.0 cm³/mol. The van der Waals surface area contributed by atoms with Crippen LogP contribution in [0.25, 0.3) is 0 Å². The van der Waals surface area contributed by atoms with Crippen LogP contribution in [0.2, 0.25) is 0 Å². The number of hydrogen-bond acceptors (Lipinski definition) is 2. The molecule has 0 fully saturated rings. The van der Waals surface area contributed by atoms with Crippen LogP contribution in [0.15, 0.2) is 18.2 Å². The Hall–Kier alpha value is -1.71. The van der Waals surface area contributed by atoms with E-state index < -0.39 is 0 Å². The van der Waals surface area contributed by atoms with Crippen LogP contribution in [0.1, 0.15) is 39.7 Å². The van der Waals surface area contributed by atoms with E-state index in [1.54, 1.807) is 7.11 Å². The number of ether oxygens (including phenoxy) is 1. The van der Waals surface area contributed by atoms with Crippen molar-refractivity contribution in [3.8, 4) is 5.75 Å². The van der Waals surface area contributed by atoms with E-state index in [2.05, 4.69) is 31.4 Å². The molecule has 106 valence electrons. The van der Waals surface area contributed by atoms with Gasteiger partial charge in [0.1, 0.15) is 5.75 Å². The summed E-state index contributed by atoms with van der Waals surface area (Å²) in [5.41, 5.74) is 1.81. The van der Waals surface area contributed by atoms with Gasteiger partial charge in [0.05, 0.1) is 7.11 Å². The predicted octanol–water partition coefficient (Wildman–Crippen LogP) is 3.52. The number of anilines is 1. The van der Waals surface area contributed by atoms with E-state index in [1.807, 2.05) is 25.1 Å². The lowest BCUT2D eigenvalue weighted by Crippen LogP contribution is -2.29. The van der Waals surface area contributed by atoms with E-state index in [-0.39, 0.29) is 11.4 Å². The largest absolute Gasteiger partial charge is 0.496 e. The molecule has 1 aromatic carbocycles. The van der Waals surface area contributed by atoms with Gasteiger partial charge in [-0.25, -0.2) is 4.79 Å². The summed E-state index contributed by atoms with van der Waals surface area (Å²) in [5.74, 6) is 0.840. The molecule has 0 aliphatic carbocycles. The molecule has 4 heteroatoms. The molecule has 0 radical (unpaired) electrons. The zero-order valence-corrected chi connectivity index (χ0v) is 12.5. The fourth-order valence-electron chi connectivity index (χ4n) is 1.79. The Morgan fingerprint density at radius 3 is 2.53 bits per heavy atom. The number of methoxy groups -OCH3 is 1. The second-order valence-electron chi connectivity index (χ2n) is 5.55. The number of amides is 2. The number of benzene rings is 1. The fourth-order valence-corrected chi connectivity index (χ4v) is 1.79. The normalized spacial score (nSPS) is 11.0. The molecular formula is C15H24N2O2. The molecule has 19 heavy (non-hydrogen) atoms. The van der Waals surface area contributed by atoms with Gasteiger partial charge in [-0.05, 0) is 30.0 Å². The first-order chi connectivity index (χ1) is 8.88. The summed E-state index contributed by atoms with van der Waals surface area (Å²) in [4.78, 5) is 11.6. The van der Waals surface area contributed by atoms with E-state index >= 15 is 0 Å². The molecule has 2 N–H and O–H groups in total.